The van der Waals surface area contributed by atoms with Gasteiger partial charge in [-0.1, -0.05) is 13.8 Å². The predicted molar refractivity (Wildman–Crippen MR) is 47.8 cm³/mol. The van der Waals surface area contributed by atoms with Crippen LogP contribution in [-0.2, 0) is 14.4 Å². The molecule has 0 aliphatic heterocycles. The molecule has 0 saturated carbocycles. The van der Waals surface area contributed by atoms with Crippen LogP contribution in [0.5, 0.6) is 0 Å². The van der Waals surface area contributed by atoms with Crippen LogP contribution < -0.4 is 0 Å². The lowest BCUT2D eigenvalue weighted by molar-refractivity contribution is -0.159. The smallest absolute Gasteiger partial charge is 0.317 e. The van der Waals surface area contributed by atoms with E-state index in [0.29, 0.717) is 0 Å². The van der Waals surface area contributed by atoms with Gasteiger partial charge in [-0.25, -0.2) is 0 Å². The molecule has 0 rings (SSSR count). The van der Waals surface area contributed by atoms with Crippen molar-refractivity contribution < 1.29 is 24.6 Å². The Labute approximate surface area is 81.7 Å². The van der Waals surface area contributed by atoms with Crippen molar-refractivity contribution in [1.82, 2.24) is 0 Å². The highest BCUT2D eigenvalue weighted by Crippen LogP contribution is 2.40. The molecule has 0 aliphatic carbocycles. The minimum Gasteiger partial charge on any atom is -0.481 e. The number of carbonyl (C=O) groups is 3. The highest BCUT2D eigenvalue weighted by Gasteiger charge is 2.48. The van der Waals surface area contributed by atoms with Crippen LogP contribution in [-0.4, -0.2) is 28.4 Å². The van der Waals surface area contributed by atoms with E-state index < -0.39 is 22.8 Å². The fourth-order valence-electron chi connectivity index (χ4n) is 1.06. The Morgan fingerprint density at radius 1 is 1.21 bits per heavy atom. The van der Waals surface area contributed by atoms with E-state index in [0.717, 1.165) is 0 Å². The molecular formula is C9H14O5. The monoisotopic (exact) mass is 202 g/mol. The van der Waals surface area contributed by atoms with Gasteiger partial charge in [-0.05, 0) is 12.3 Å². The van der Waals surface area contributed by atoms with E-state index in [1.165, 1.54) is 20.8 Å². The first kappa shape index (κ1) is 12.6. The quantitative estimate of drug-likeness (QED) is 0.507. The molecule has 0 heterocycles. The second-order valence-corrected chi connectivity index (χ2v) is 4.08. The zero-order valence-electron chi connectivity index (χ0n) is 8.40. The predicted octanol–water partition coefficient (Wildman–Crippen LogP) is 0.777. The van der Waals surface area contributed by atoms with Crippen LogP contribution in [0.2, 0.25) is 0 Å². The van der Waals surface area contributed by atoms with Crippen molar-refractivity contribution in [1.29, 1.82) is 0 Å². The number of hydrogen-bond donors (Lipinski definition) is 2. The molecule has 0 aromatic heterocycles. The standard InChI is InChI=1S/C9H14O5/c1-8(2,4-6(11)12)9(3,5-10)7(13)14/h5H,4H2,1-3H3,(H,11,12)(H,13,14). The van der Waals surface area contributed by atoms with Gasteiger partial charge >= 0.3 is 11.9 Å². The highest BCUT2D eigenvalue weighted by atomic mass is 16.4. The number of rotatable bonds is 5. The van der Waals surface area contributed by atoms with Gasteiger partial charge in [0.1, 0.15) is 11.7 Å². The summed E-state index contributed by atoms with van der Waals surface area (Å²) in [5, 5.41) is 17.4. The lowest BCUT2D eigenvalue weighted by Crippen LogP contribution is -2.44. The molecule has 80 valence electrons. The van der Waals surface area contributed by atoms with Crippen molar-refractivity contribution in [3.05, 3.63) is 0 Å². The summed E-state index contributed by atoms with van der Waals surface area (Å²) >= 11 is 0. The normalized spacial score (nSPS) is 15.6. The van der Waals surface area contributed by atoms with E-state index in [1.807, 2.05) is 0 Å². The largest absolute Gasteiger partial charge is 0.481 e. The lowest BCUT2D eigenvalue weighted by Gasteiger charge is -2.35. The second kappa shape index (κ2) is 3.77. The Balaban J connectivity index is 5.10. The summed E-state index contributed by atoms with van der Waals surface area (Å²) in [5.74, 6) is -2.43. The van der Waals surface area contributed by atoms with Gasteiger partial charge in [0, 0.05) is 0 Å². The summed E-state index contributed by atoms with van der Waals surface area (Å²) in [6.07, 6.45) is -0.0766. The molecule has 0 aliphatic rings. The summed E-state index contributed by atoms with van der Waals surface area (Å²) in [6, 6.07) is 0. The van der Waals surface area contributed by atoms with Crippen molar-refractivity contribution in [2.75, 3.05) is 0 Å². The molecule has 0 fully saturated rings. The van der Waals surface area contributed by atoms with Gasteiger partial charge in [0.25, 0.3) is 0 Å². The molecule has 5 heteroatoms. The van der Waals surface area contributed by atoms with Gasteiger partial charge in [0.2, 0.25) is 0 Å². The van der Waals surface area contributed by atoms with Crippen molar-refractivity contribution in [3.63, 3.8) is 0 Å². The van der Waals surface area contributed by atoms with Crippen LogP contribution in [0.1, 0.15) is 27.2 Å². The van der Waals surface area contributed by atoms with E-state index >= 15 is 0 Å². The van der Waals surface area contributed by atoms with Crippen molar-refractivity contribution in [2.45, 2.75) is 27.2 Å². The minimum absolute atomic E-state index is 0.290. The lowest BCUT2D eigenvalue weighted by atomic mass is 9.66. The number of hydrogen-bond acceptors (Lipinski definition) is 3. The van der Waals surface area contributed by atoms with E-state index in [1.54, 1.807) is 0 Å². The number of carboxylic acid groups (broad SMARTS) is 2. The van der Waals surface area contributed by atoms with Gasteiger partial charge in [0.05, 0.1) is 6.42 Å². The van der Waals surface area contributed by atoms with E-state index in [-0.39, 0.29) is 12.7 Å². The fourth-order valence-corrected chi connectivity index (χ4v) is 1.06. The third-order valence-corrected chi connectivity index (χ3v) is 2.68. The number of aliphatic carboxylic acids is 2. The van der Waals surface area contributed by atoms with E-state index in [2.05, 4.69) is 0 Å². The highest BCUT2D eigenvalue weighted by molar-refractivity contribution is 5.93. The Morgan fingerprint density at radius 3 is 1.86 bits per heavy atom. The van der Waals surface area contributed by atoms with Crippen LogP contribution in [0.3, 0.4) is 0 Å². The van der Waals surface area contributed by atoms with E-state index in [9.17, 15) is 14.4 Å². The van der Waals surface area contributed by atoms with Crippen LogP contribution >= 0.6 is 0 Å². The zero-order valence-corrected chi connectivity index (χ0v) is 8.40. The maximum atomic E-state index is 10.9. The first-order chi connectivity index (χ1) is 6.17. The zero-order chi connectivity index (χ0) is 11.6. The summed E-state index contributed by atoms with van der Waals surface area (Å²) in [7, 11) is 0. The molecule has 2 N–H and O–H groups in total. The third kappa shape index (κ3) is 2.10. The first-order valence-electron chi connectivity index (χ1n) is 4.09. The SMILES string of the molecule is CC(C)(CC(=O)O)C(C)(C=O)C(=O)O. The number of carboxylic acids is 2. The second-order valence-electron chi connectivity index (χ2n) is 4.08. The molecule has 0 radical (unpaired) electrons. The first-order valence-corrected chi connectivity index (χ1v) is 4.09. The van der Waals surface area contributed by atoms with Crippen LogP contribution in [0.15, 0.2) is 0 Å². The Hall–Kier alpha value is -1.39. The average molecular weight is 202 g/mol. The Kier molecular flexibility index (Phi) is 3.40. The van der Waals surface area contributed by atoms with Gasteiger partial charge < -0.3 is 15.0 Å². The molecule has 5 nitrogen and oxygen atoms in total. The number of carbonyl (C=O) groups excluding carboxylic acids is 1. The van der Waals surface area contributed by atoms with Gasteiger partial charge in [-0.2, -0.15) is 0 Å². The molecular weight excluding hydrogens is 188 g/mol. The van der Waals surface area contributed by atoms with Crippen LogP contribution in [0.25, 0.3) is 0 Å². The summed E-state index contributed by atoms with van der Waals surface area (Å²) in [5.41, 5.74) is -2.79. The van der Waals surface area contributed by atoms with Crippen molar-refractivity contribution in [3.8, 4) is 0 Å². The van der Waals surface area contributed by atoms with Crippen molar-refractivity contribution in [2.24, 2.45) is 10.8 Å². The van der Waals surface area contributed by atoms with Gasteiger partial charge in [0.15, 0.2) is 0 Å². The molecule has 1 unspecified atom stereocenters. The molecule has 0 aromatic rings. The summed E-state index contributed by atoms with van der Waals surface area (Å²) in [6.45, 7) is 4.12. The topological polar surface area (TPSA) is 91.7 Å². The Morgan fingerprint density at radius 2 is 1.64 bits per heavy atom. The number of aldehydes is 1. The van der Waals surface area contributed by atoms with E-state index in [4.69, 9.17) is 10.2 Å². The molecule has 0 bridgehead atoms. The molecule has 0 aromatic carbocycles. The van der Waals surface area contributed by atoms with Crippen LogP contribution in [0, 0.1) is 10.8 Å². The van der Waals surface area contributed by atoms with Crippen LogP contribution in [0.4, 0.5) is 0 Å². The third-order valence-electron chi connectivity index (χ3n) is 2.68. The molecule has 0 saturated heterocycles. The maximum absolute atomic E-state index is 10.9. The molecule has 0 spiro atoms. The van der Waals surface area contributed by atoms with Gasteiger partial charge in [-0.3, -0.25) is 9.59 Å². The molecule has 14 heavy (non-hydrogen) atoms. The van der Waals surface area contributed by atoms with Gasteiger partial charge in [-0.15, -0.1) is 0 Å². The Bertz CT molecular complexity index is 268. The summed E-state index contributed by atoms with van der Waals surface area (Å²) in [4.78, 5) is 32.1. The molecule has 0 amide bonds. The van der Waals surface area contributed by atoms with Crippen molar-refractivity contribution >= 4 is 18.2 Å². The average Bonchev–Trinajstić information content (AvgIpc) is 1.99. The fraction of sp³-hybridized carbons (Fsp3) is 0.667. The minimum atomic E-state index is -1.68. The maximum Gasteiger partial charge on any atom is 0.317 e. The molecule has 1 atom stereocenters. The summed E-state index contributed by atoms with van der Waals surface area (Å²) < 4.78 is 0.